The summed E-state index contributed by atoms with van der Waals surface area (Å²) >= 11 is 6.33. The maximum Gasteiger partial charge on any atom is 0.259 e. The molecule has 1 N–H and O–H groups in total. The highest BCUT2D eigenvalue weighted by atomic mass is 35.5. The second kappa shape index (κ2) is 5.71. The first-order valence-corrected chi connectivity index (χ1v) is 8.45. The Hall–Kier alpha value is -2.20. The van der Waals surface area contributed by atoms with Crippen LogP contribution in [0.4, 0.5) is 5.69 Å². The lowest BCUT2D eigenvalue weighted by Gasteiger charge is -2.15. The molecule has 2 aromatic carbocycles. The summed E-state index contributed by atoms with van der Waals surface area (Å²) in [5, 5.41) is 3.52. The van der Waals surface area contributed by atoms with Crippen LogP contribution in [0.15, 0.2) is 18.2 Å². The van der Waals surface area contributed by atoms with E-state index in [1.807, 2.05) is 32.0 Å². The summed E-state index contributed by atoms with van der Waals surface area (Å²) in [6, 6.07) is 5.86. The number of fused-ring (bicyclic) bond motifs is 2. The molecule has 2 aromatic rings. The van der Waals surface area contributed by atoms with Gasteiger partial charge in [-0.1, -0.05) is 17.7 Å². The lowest BCUT2D eigenvalue weighted by atomic mass is 9.98. The third-order valence-electron chi connectivity index (χ3n) is 4.55. The molecule has 0 unspecified atom stereocenters. The molecule has 0 saturated carbocycles. The van der Waals surface area contributed by atoms with E-state index in [2.05, 4.69) is 5.32 Å². The first-order valence-electron chi connectivity index (χ1n) is 8.07. The minimum atomic E-state index is -0.190. The SMILES string of the molecule is Cc1cc(C)c(NC(=O)c2c3c(cc4c2OCC4)OCC3)c(Cl)c1. The summed E-state index contributed by atoms with van der Waals surface area (Å²) in [7, 11) is 0. The topological polar surface area (TPSA) is 47.6 Å². The zero-order valence-corrected chi connectivity index (χ0v) is 14.4. The highest BCUT2D eigenvalue weighted by molar-refractivity contribution is 6.34. The molecule has 0 fully saturated rings. The fourth-order valence-electron chi connectivity index (χ4n) is 3.48. The standard InChI is InChI=1S/C19H18ClNO3/c1-10-7-11(2)17(14(20)8-10)21-19(22)16-13-4-6-23-15(13)9-12-3-5-24-18(12)16/h7-9H,3-6H2,1-2H3,(H,21,22). The van der Waals surface area contributed by atoms with Gasteiger partial charge in [0.1, 0.15) is 11.5 Å². The summed E-state index contributed by atoms with van der Waals surface area (Å²) in [6.07, 6.45) is 1.52. The Bertz CT molecular complexity index is 805. The normalized spacial score (nSPS) is 14.6. The van der Waals surface area contributed by atoms with Crippen LogP contribution in [0.3, 0.4) is 0 Å². The number of nitrogens with one attached hydrogen (secondary N) is 1. The first-order chi connectivity index (χ1) is 11.5. The van der Waals surface area contributed by atoms with Crippen LogP contribution in [0.25, 0.3) is 0 Å². The molecule has 24 heavy (non-hydrogen) atoms. The molecule has 4 rings (SSSR count). The molecule has 0 saturated heterocycles. The number of hydrogen-bond acceptors (Lipinski definition) is 3. The van der Waals surface area contributed by atoms with Crippen molar-refractivity contribution in [2.24, 2.45) is 0 Å². The molecule has 5 heteroatoms. The third kappa shape index (κ3) is 2.42. The van der Waals surface area contributed by atoms with Gasteiger partial charge in [-0.3, -0.25) is 4.79 Å². The number of halogens is 1. The highest BCUT2D eigenvalue weighted by Crippen LogP contribution is 2.41. The van der Waals surface area contributed by atoms with E-state index in [1.165, 1.54) is 0 Å². The Morgan fingerprint density at radius 1 is 1.12 bits per heavy atom. The van der Waals surface area contributed by atoms with E-state index < -0.39 is 0 Å². The first kappa shape index (κ1) is 15.3. The molecule has 0 bridgehead atoms. The second-order valence-electron chi connectivity index (χ2n) is 6.31. The number of amides is 1. The van der Waals surface area contributed by atoms with Gasteiger partial charge in [0.2, 0.25) is 0 Å². The molecule has 0 atom stereocenters. The molecule has 0 spiro atoms. The molecular formula is C19H18ClNO3. The van der Waals surface area contributed by atoms with Crippen LogP contribution >= 0.6 is 11.6 Å². The van der Waals surface area contributed by atoms with Crippen molar-refractivity contribution in [2.45, 2.75) is 26.7 Å². The molecule has 1 amide bonds. The van der Waals surface area contributed by atoms with Crippen LogP contribution in [-0.4, -0.2) is 19.1 Å². The number of carbonyl (C=O) groups excluding carboxylic acids is 1. The average Bonchev–Trinajstić information content (AvgIpc) is 3.16. The maximum atomic E-state index is 13.0. The zero-order chi connectivity index (χ0) is 16.8. The smallest absolute Gasteiger partial charge is 0.259 e. The van der Waals surface area contributed by atoms with Crippen LogP contribution in [0, 0.1) is 13.8 Å². The van der Waals surface area contributed by atoms with E-state index >= 15 is 0 Å². The van der Waals surface area contributed by atoms with Crippen LogP contribution in [0.5, 0.6) is 11.5 Å². The van der Waals surface area contributed by atoms with Crippen LogP contribution in [0.1, 0.15) is 32.6 Å². The minimum Gasteiger partial charge on any atom is -0.493 e. The van der Waals surface area contributed by atoms with E-state index in [0.29, 0.717) is 35.2 Å². The predicted molar refractivity (Wildman–Crippen MR) is 93.7 cm³/mol. The summed E-state index contributed by atoms with van der Waals surface area (Å²) in [5.74, 6) is 1.30. The third-order valence-corrected chi connectivity index (χ3v) is 4.85. The van der Waals surface area contributed by atoms with Crippen LogP contribution in [0.2, 0.25) is 5.02 Å². The van der Waals surface area contributed by atoms with Crippen molar-refractivity contribution < 1.29 is 14.3 Å². The number of aryl methyl sites for hydroxylation is 2. The number of rotatable bonds is 2. The van der Waals surface area contributed by atoms with Crippen molar-refractivity contribution >= 4 is 23.2 Å². The maximum absolute atomic E-state index is 13.0. The Morgan fingerprint density at radius 2 is 1.92 bits per heavy atom. The van der Waals surface area contributed by atoms with Gasteiger partial charge in [-0.15, -0.1) is 0 Å². The van der Waals surface area contributed by atoms with E-state index in [0.717, 1.165) is 40.8 Å². The zero-order valence-electron chi connectivity index (χ0n) is 13.7. The Balaban J connectivity index is 1.77. The minimum absolute atomic E-state index is 0.190. The number of carbonyl (C=O) groups is 1. The highest BCUT2D eigenvalue weighted by Gasteiger charge is 2.30. The van der Waals surface area contributed by atoms with Crippen LogP contribution in [-0.2, 0) is 12.8 Å². The van der Waals surface area contributed by atoms with E-state index in [9.17, 15) is 4.79 Å². The molecule has 4 nitrogen and oxygen atoms in total. The summed E-state index contributed by atoms with van der Waals surface area (Å²) in [5.41, 5.74) is 5.20. The molecule has 2 aliphatic rings. The van der Waals surface area contributed by atoms with E-state index in [-0.39, 0.29) is 5.91 Å². The van der Waals surface area contributed by atoms with Crippen LogP contribution < -0.4 is 14.8 Å². The molecule has 0 aliphatic carbocycles. The van der Waals surface area contributed by atoms with Crippen molar-refractivity contribution in [3.05, 3.63) is 51.0 Å². The predicted octanol–water partition coefficient (Wildman–Crippen LogP) is 4.08. The van der Waals surface area contributed by atoms with Crippen molar-refractivity contribution in [3.8, 4) is 11.5 Å². The summed E-state index contributed by atoms with van der Waals surface area (Å²) < 4.78 is 11.4. The van der Waals surface area contributed by atoms with Gasteiger partial charge >= 0.3 is 0 Å². The fourth-order valence-corrected chi connectivity index (χ4v) is 3.84. The molecule has 2 heterocycles. The van der Waals surface area contributed by atoms with Gasteiger partial charge in [0.05, 0.1) is 29.5 Å². The van der Waals surface area contributed by atoms with Crippen molar-refractivity contribution in [1.82, 2.24) is 0 Å². The summed E-state index contributed by atoms with van der Waals surface area (Å²) in [6.45, 7) is 5.12. The largest absolute Gasteiger partial charge is 0.493 e. The summed E-state index contributed by atoms with van der Waals surface area (Å²) in [4.78, 5) is 13.0. The average molecular weight is 344 g/mol. The number of ether oxygens (including phenoxy) is 2. The quantitative estimate of drug-likeness (QED) is 0.893. The number of benzene rings is 2. The van der Waals surface area contributed by atoms with Gasteiger partial charge in [-0.2, -0.15) is 0 Å². The lowest BCUT2D eigenvalue weighted by Crippen LogP contribution is -2.16. The molecule has 0 radical (unpaired) electrons. The Labute approximate surface area is 145 Å². The number of anilines is 1. The molecular weight excluding hydrogens is 326 g/mol. The molecule has 2 aliphatic heterocycles. The van der Waals surface area contributed by atoms with Gasteiger partial charge in [-0.25, -0.2) is 0 Å². The van der Waals surface area contributed by atoms with Crippen molar-refractivity contribution in [1.29, 1.82) is 0 Å². The Morgan fingerprint density at radius 3 is 2.71 bits per heavy atom. The second-order valence-corrected chi connectivity index (χ2v) is 6.71. The van der Waals surface area contributed by atoms with E-state index in [1.54, 1.807) is 0 Å². The lowest BCUT2D eigenvalue weighted by molar-refractivity contribution is 0.102. The number of hydrogen-bond donors (Lipinski definition) is 1. The van der Waals surface area contributed by atoms with Gasteiger partial charge in [-0.05, 0) is 37.1 Å². The Kier molecular flexibility index (Phi) is 3.65. The van der Waals surface area contributed by atoms with Crippen molar-refractivity contribution in [3.63, 3.8) is 0 Å². The van der Waals surface area contributed by atoms with Crippen molar-refractivity contribution in [2.75, 3.05) is 18.5 Å². The van der Waals surface area contributed by atoms with Gasteiger partial charge in [0, 0.05) is 24.0 Å². The van der Waals surface area contributed by atoms with Gasteiger partial charge in [0.25, 0.3) is 5.91 Å². The van der Waals surface area contributed by atoms with Gasteiger partial charge < -0.3 is 14.8 Å². The molecule has 124 valence electrons. The monoisotopic (exact) mass is 343 g/mol. The fraction of sp³-hybridized carbons (Fsp3) is 0.316. The van der Waals surface area contributed by atoms with Gasteiger partial charge in [0.15, 0.2) is 0 Å². The molecule has 0 aromatic heterocycles. The van der Waals surface area contributed by atoms with E-state index in [4.69, 9.17) is 21.1 Å².